The highest BCUT2D eigenvalue weighted by Crippen LogP contribution is 2.46. The fourth-order valence-corrected chi connectivity index (χ4v) is 4.14. The molecule has 6 heteroatoms. The van der Waals surface area contributed by atoms with Gasteiger partial charge in [-0.2, -0.15) is 0 Å². The second kappa shape index (κ2) is 6.61. The Morgan fingerprint density at radius 3 is 2.74 bits per heavy atom. The van der Waals surface area contributed by atoms with Gasteiger partial charge in [-0.15, -0.1) is 0 Å². The lowest BCUT2D eigenvalue weighted by Gasteiger charge is -2.24. The Balaban J connectivity index is 1.55. The number of benzene rings is 2. The fraction of sp³-hybridized carbons (Fsp3) is 0.333. The molecule has 4 rings (SSSR count). The third-order valence-electron chi connectivity index (χ3n) is 5.48. The molecule has 1 spiro atoms. The maximum Gasteiger partial charge on any atom is 0.321 e. The van der Waals surface area contributed by atoms with Crippen molar-refractivity contribution in [2.24, 2.45) is 0 Å². The standard InChI is InChI=1S/C21H23N3O3/c1-3-27-18-11-7-5-9-16(18)22-20(26)24-13-12-21(14-24)15-8-4-6-10-17(15)23(2)19(21)25/h4-11H,3,12-14H2,1-2H3,(H,22,26). The van der Waals surface area contributed by atoms with Crippen LogP contribution in [-0.4, -0.2) is 43.6 Å². The quantitative estimate of drug-likeness (QED) is 0.908. The lowest BCUT2D eigenvalue weighted by Crippen LogP contribution is -2.43. The monoisotopic (exact) mass is 365 g/mol. The zero-order valence-electron chi connectivity index (χ0n) is 15.6. The summed E-state index contributed by atoms with van der Waals surface area (Å²) in [5.74, 6) is 0.706. The molecule has 0 bridgehead atoms. The van der Waals surface area contributed by atoms with E-state index in [2.05, 4.69) is 5.32 Å². The molecular formula is C21H23N3O3. The number of carbonyl (C=O) groups is 2. The molecule has 3 amide bonds. The molecule has 1 fully saturated rings. The minimum atomic E-state index is -0.637. The molecule has 27 heavy (non-hydrogen) atoms. The molecule has 0 aromatic heterocycles. The SMILES string of the molecule is CCOc1ccccc1NC(=O)N1CCC2(C1)C(=O)N(C)c1ccccc12. The molecular weight excluding hydrogens is 342 g/mol. The predicted molar refractivity (Wildman–Crippen MR) is 104 cm³/mol. The van der Waals surface area contributed by atoms with Gasteiger partial charge in [0.15, 0.2) is 0 Å². The number of anilines is 2. The topological polar surface area (TPSA) is 61.9 Å². The molecule has 1 saturated heterocycles. The average molecular weight is 365 g/mol. The summed E-state index contributed by atoms with van der Waals surface area (Å²) in [5, 5.41) is 2.93. The van der Waals surface area contributed by atoms with Crippen LogP contribution in [0.2, 0.25) is 0 Å². The van der Waals surface area contributed by atoms with Crippen LogP contribution in [0.3, 0.4) is 0 Å². The van der Waals surface area contributed by atoms with Crippen molar-refractivity contribution in [3.63, 3.8) is 0 Å². The number of fused-ring (bicyclic) bond motifs is 2. The van der Waals surface area contributed by atoms with Gasteiger partial charge in [0.05, 0.1) is 17.7 Å². The first-order valence-electron chi connectivity index (χ1n) is 9.22. The van der Waals surface area contributed by atoms with Crippen molar-refractivity contribution in [3.8, 4) is 5.75 Å². The minimum Gasteiger partial charge on any atom is -0.492 e. The Labute approximate surface area is 158 Å². The highest BCUT2D eigenvalue weighted by atomic mass is 16.5. The Morgan fingerprint density at radius 1 is 1.19 bits per heavy atom. The van der Waals surface area contributed by atoms with Gasteiger partial charge in [0.2, 0.25) is 5.91 Å². The van der Waals surface area contributed by atoms with Crippen LogP contribution in [0.5, 0.6) is 5.75 Å². The smallest absolute Gasteiger partial charge is 0.321 e. The number of para-hydroxylation sites is 3. The van der Waals surface area contributed by atoms with E-state index in [1.165, 1.54) is 0 Å². The molecule has 1 unspecified atom stereocenters. The summed E-state index contributed by atoms with van der Waals surface area (Å²) in [4.78, 5) is 29.3. The number of likely N-dealkylation sites (tertiary alicyclic amines) is 1. The van der Waals surface area contributed by atoms with E-state index in [0.717, 1.165) is 11.3 Å². The Kier molecular flexibility index (Phi) is 4.26. The van der Waals surface area contributed by atoms with E-state index in [1.54, 1.807) is 16.8 Å². The Hall–Kier alpha value is -3.02. The highest BCUT2D eigenvalue weighted by Gasteiger charge is 2.54. The maximum atomic E-state index is 13.0. The molecule has 2 heterocycles. The summed E-state index contributed by atoms with van der Waals surface area (Å²) in [5.41, 5.74) is 1.96. The summed E-state index contributed by atoms with van der Waals surface area (Å²) in [6.07, 6.45) is 0.633. The van der Waals surface area contributed by atoms with Crippen molar-refractivity contribution in [3.05, 3.63) is 54.1 Å². The van der Waals surface area contributed by atoms with Crippen LogP contribution < -0.4 is 15.0 Å². The van der Waals surface area contributed by atoms with E-state index in [9.17, 15) is 9.59 Å². The summed E-state index contributed by atoms with van der Waals surface area (Å²) in [7, 11) is 1.80. The molecule has 0 radical (unpaired) electrons. The molecule has 2 aromatic rings. The molecule has 1 atom stereocenters. The van der Waals surface area contributed by atoms with Crippen molar-refractivity contribution in [1.29, 1.82) is 0 Å². The number of nitrogens with one attached hydrogen (secondary N) is 1. The van der Waals surface area contributed by atoms with Crippen LogP contribution >= 0.6 is 0 Å². The van der Waals surface area contributed by atoms with E-state index < -0.39 is 5.41 Å². The number of rotatable bonds is 3. The summed E-state index contributed by atoms with van der Waals surface area (Å²) in [6.45, 7) is 3.35. The van der Waals surface area contributed by atoms with Gasteiger partial charge in [0.1, 0.15) is 5.75 Å². The fourth-order valence-electron chi connectivity index (χ4n) is 4.14. The number of hydrogen-bond donors (Lipinski definition) is 1. The van der Waals surface area contributed by atoms with E-state index >= 15 is 0 Å². The van der Waals surface area contributed by atoms with Crippen LogP contribution in [-0.2, 0) is 10.2 Å². The largest absolute Gasteiger partial charge is 0.492 e. The number of hydrogen-bond acceptors (Lipinski definition) is 3. The van der Waals surface area contributed by atoms with E-state index in [0.29, 0.717) is 37.6 Å². The number of carbonyl (C=O) groups excluding carboxylic acids is 2. The second-order valence-electron chi connectivity index (χ2n) is 6.99. The van der Waals surface area contributed by atoms with Crippen LogP contribution in [0, 0.1) is 0 Å². The van der Waals surface area contributed by atoms with Gasteiger partial charge >= 0.3 is 6.03 Å². The maximum absolute atomic E-state index is 13.0. The third kappa shape index (κ3) is 2.72. The van der Waals surface area contributed by atoms with Crippen molar-refractivity contribution < 1.29 is 14.3 Å². The number of ether oxygens (including phenoxy) is 1. The van der Waals surface area contributed by atoms with Gasteiger partial charge < -0.3 is 19.9 Å². The number of amides is 3. The predicted octanol–water partition coefficient (Wildman–Crippen LogP) is 3.24. The first-order chi connectivity index (χ1) is 13.1. The third-order valence-corrected chi connectivity index (χ3v) is 5.48. The summed E-state index contributed by atoms with van der Waals surface area (Å²) >= 11 is 0. The summed E-state index contributed by atoms with van der Waals surface area (Å²) < 4.78 is 5.58. The lowest BCUT2D eigenvalue weighted by molar-refractivity contribution is -0.122. The zero-order chi connectivity index (χ0) is 19.0. The normalized spacial score (nSPS) is 20.9. The van der Waals surface area contributed by atoms with Crippen LogP contribution in [0.1, 0.15) is 18.9 Å². The first-order valence-corrected chi connectivity index (χ1v) is 9.22. The molecule has 2 aliphatic heterocycles. The molecule has 1 N–H and O–H groups in total. The number of urea groups is 1. The van der Waals surface area contributed by atoms with Crippen LogP contribution in [0.15, 0.2) is 48.5 Å². The van der Waals surface area contributed by atoms with Gasteiger partial charge in [-0.1, -0.05) is 30.3 Å². The average Bonchev–Trinajstić information content (AvgIpc) is 3.22. The van der Waals surface area contributed by atoms with Crippen LogP contribution in [0.4, 0.5) is 16.2 Å². The zero-order valence-corrected chi connectivity index (χ0v) is 15.6. The van der Waals surface area contributed by atoms with E-state index in [4.69, 9.17) is 4.74 Å². The Morgan fingerprint density at radius 2 is 1.93 bits per heavy atom. The van der Waals surface area contributed by atoms with E-state index in [1.807, 2.05) is 55.5 Å². The van der Waals surface area contributed by atoms with Crippen molar-refractivity contribution in [2.45, 2.75) is 18.8 Å². The van der Waals surface area contributed by atoms with Gasteiger partial charge in [-0.3, -0.25) is 4.79 Å². The summed E-state index contributed by atoms with van der Waals surface area (Å²) in [6, 6.07) is 15.0. The van der Waals surface area contributed by atoms with Crippen molar-refractivity contribution >= 4 is 23.3 Å². The van der Waals surface area contributed by atoms with Gasteiger partial charge in [-0.25, -0.2) is 4.79 Å². The van der Waals surface area contributed by atoms with Crippen molar-refractivity contribution in [1.82, 2.24) is 4.90 Å². The molecule has 2 aliphatic rings. The highest BCUT2D eigenvalue weighted by molar-refractivity contribution is 6.08. The Bertz CT molecular complexity index is 898. The molecule has 140 valence electrons. The van der Waals surface area contributed by atoms with Crippen molar-refractivity contribution in [2.75, 3.05) is 37.0 Å². The van der Waals surface area contributed by atoms with Crippen LogP contribution in [0.25, 0.3) is 0 Å². The second-order valence-corrected chi connectivity index (χ2v) is 6.99. The van der Waals surface area contributed by atoms with Gasteiger partial charge in [0.25, 0.3) is 0 Å². The molecule has 0 aliphatic carbocycles. The lowest BCUT2D eigenvalue weighted by atomic mass is 9.81. The first kappa shape index (κ1) is 17.4. The van der Waals surface area contributed by atoms with Gasteiger partial charge in [0, 0.05) is 25.8 Å². The molecule has 0 saturated carbocycles. The number of likely N-dealkylation sites (N-methyl/N-ethyl adjacent to an activating group) is 1. The molecule has 2 aromatic carbocycles. The van der Waals surface area contributed by atoms with E-state index in [-0.39, 0.29) is 11.9 Å². The minimum absolute atomic E-state index is 0.0636. The van der Waals surface area contributed by atoms with Gasteiger partial charge in [-0.05, 0) is 37.1 Å². The number of nitrogens with zero attached hydrogens (tertiary/aromatic N) is 2. The molecule has 6 nitrogen and oxygen atoms in total.